The zero-order valence-electron chi connectivity index (χ0n) is 19.2. The molecule has 1 amide bonds. The molecule has 0 bridgehead atoms. The maximum absolute atomic E-state index is 13.0. The number of carbonyl (C=O) groups is 1. The summed E-state index contributed by atoms with van der Waals surface area (Å²) in [6, 6.07) is 14.2. The Hall–Kier alpha value is -2.84. The Bertz CT molecular complexity index is 1230. The Morgan fingerprint density at radius 1 is 1.09 bits per heavy atom. The number of ether oxygens (including phenoxy) is 1. The van der Waals surface area contributed by atoms with Crippen LogP contribution < -0.4 is 10.1 Å². The molecule has 176 valence electrons. The zero-order chi connectivity index (χ0) is 23.4. The third-order valence-electron chi connectivity index (χ3n) is 6.17. The van der Waals surface area contributed by atoms with E-state index >= 15 is 0 Å². The van der Waals surface area contributed by atoms with E-state index in [2.05, 4.69) is 5.32 Å². The highest BCUT2D eigenvalue weighted by molar-refractivity contribution is 7.89. The molecule has 1 atom stereocenters. The molecule has 0 radical (unpaired) electrons. The quantitative estimate of drug-likeness (QED) is 0.539. The lowest BCUT2D eigenvalue weighted by Gasteiger charge is -2.26. The monoisotopic (exact) mass is 469 g/mol. The second kappa shape index (κ2) is 9.97. The maximum Gasteiger partial charge on any atom is 0.243 e. The highest BCUT2D eigenvalue weighted by atomic mass is 32.2. The van der Waals surface area contributed by atoms with Crippen LogP contribution in [0.1, 0.15) is 44.7 Å². The molecule has 1 aromatic heterocycles. The second-order valence-corrected chi connectivity index (χ2v) is 10.3. The molecule has 3 aromatic rings. The van der Waals surface area contributed by atoms with Crippen LogP contribution in [-0.2, 0) is 21.4 Å². The smallest absolute Gasteiger partial charge is 0.243 e. The van der Waals surface area contributed by atoms with Crippen molar-refractivity contribution in [2.75, 3.05) is 19.7 Å². The van der Waals surface area contributed by atoms with Crippen LogP contribution >= 0.6 is 0 Å². The first kappa shape index (κ1) is 23.3. The molecule has 1 aliphatic heterocycles. The number of rotatable bonds is 8. The molecule has 0 spiro atoms. The number of nitrogens with one attached hydrogen (secondary N) is 1. The van der Waals surface area contributed by atoms with E-state index in [9.17, 15) is 13.2 Å². The van der Waals surface area contributed by atoms with Crippen LogP contribution in [0.2, 0.25) is 0 Å². The molecule has 2 heterocycles. The van der Waals surface area contributed by atoms with E-state index in [1.54, 1.807) is 22.5 Å². The standard InChI is InChI=1S/C25H31N3O4S/c1-3-32-24-10-6-5-9-21(24)18-26-25(29)19(2)28-16-13-20-17-22(11-12-23(20)28)33(30,31)27-14-7-4-8-15-27/h5-6,9-13,16-17,19H,3-4,7-8,14-15,18H2,1-2H3,(H,26,29). The molecule has 1 fully saturated rings. The van der Waals surface area contributed by atoms with Crippen molar-refractivity contribution in [3.05, 3.63) is 60.3 Å². The minimum absolute atomic E-state index is 0.121. The number of hydrogen-bond acceptors (Lipinski definition) is 4. The van der Waals surface area contributed by atoms with Crippen LogP contribution in [0.5, 0.6) is 5.75 Å². The molecule has 1 N–H and O–H groups in total. The van der Waals surface area contributed by atoms with Crippen LogP contribution in [0, 0.1) is 0 Å². The number of carbonyl (C=O) groups excluding carboxylic acids is 1. The van der Waals surface area contributed by atoms with Gasteiger partial charge in [0.2, 0.25) is 15.9 Å². The summed E-state index contributed by atoms with van der Waals surface area (Å²) in [5, 5.41) is 3.79. The molecule has 2 aromatic carbocycles. The first-order valence-electron chi connectivity index (χ1n) is 11.5. The highest BCUT2D eigenvalue weighted by Crippen LogP contribution is 2.27. The van der Waals surface area contributed by atoms with Crippen molar-refractivity contribution in [3.8, 4) is 5.75 Å². The molecule has 1 unspecified atom stereocenters. The SMILES string of the molecule is CCOc1ccccc1CNC(=O)C(C)n1ccc2cc(S(=O)(=O)N3CCCCC3)ccc21. The topological polar surface area (TPSA) is 80.6 Å². The van der Waals surface area contributed by atoms with Crippen molar-refractivity contribution in [2.24, 2.45) is 0 Å². The summed E-state index contributed by atoms with van der Waals surface area (Å²) in [4.78, 5) is 13.2. The summed E-state index contributed by atoms with van der Waals surface area (Å²) in [5.74, 6) is 0.644. The molecule has 0 saturated carbocycles. The van der Waals surface area contributed by atoms with Crippen LogP contribution in [0.3, 0.4) is 0 Å². The Morgan fingerprint density at radius 3 is 2.61 bits per heavy atom. The fourth-order valence-corrected chi connectivity index (χ4v) is 5.85. The number of para-hydroxylation sites is 1. The molecule has 0 aliphatic carbocycles. The average molecular weight is 470 g/mol. The van der Waals surface area contributed by atoms with Gasteiger partial charge in [-0.15, -0.1) is 0 Å². The third-order valence-corrected chi connectivity index (χ3v) is 8.06. The van der Waals surface area contributed by atoms with Crippen LogP contribution in [0.15, 0.2) is 59.6 Å². The second-order valence-electron chi connectivity index (χ2n) is 8.34. The van der Waals surface area contributed by atoms with Gasteiger partial charge >= 0.3 is 0 Å². The lowest BCUT2D eigenvalue weighted by molar-refractivity contribution is -0.123. The van der Waals surface area contributed by atoms with Gasteiger partial charge in [-0.05, 0) is 57.0 Å². The Kier molecular flexibility index (Phi) is 7.05. The van der Waals surface area contributed by atoms with E-state index in [0.717, 1.165) is 41.5 Å². The van der Waals surface area contributed by atoms with Crippen LogP contribution in [-0.4, -0.2) is 42.9 Å². The summed E-state index contributed by atoms with van der Waals surface area (Å²) in [5.41, 5.74) is 1.75. The van der Waals surface area contributed by atoms with E-state index in [1.165, 1.54) is 0 Å². The van der Waals surface area contributed by atoms with E-state index in [-0.39, 0.29) is 5.91 Å². The van der Waals surface area contributed by atoms with Crippen LogP contribution in [0.4, 0.5) is 0 Å². The van der Waals surface area contributed by atoms with Crippen LogP contribution in [0.25, 0.3) is 10.9 Å². The lowest BCUT2D eigenvalue weighted by Crippen LogP contribution is -2.35. The minimum atomic E-state index is -3.50. The third kappa shape index (κ3) is 4.91. The number of nitrogens with zero attached hydrogens (tertiary/aromatic N) is 2. The first-order valence-corrected chi connectivity index (χ1v) is 12.9. The number of benzene rings is 2. The molecule has 7 nitrogen and oxygen atoms in total. The van der Waals surface area contributed by atoms with Crippen molar-refractivity contribution in [2.45, 2.75) is 50.6 Å². The van der Waals surface area contributed by atoms with E-state index in [1.807, 2.05) is 54.9 Å². The van der Waals surface area contributed by atoms with Crippen molar-refractivity contribution < 1.29 is 17.9 Å². The number of piperidine rings is 1. The molecule has 4 rings (SSSR count). The summed E-state index contributed by atoms with van der Waals surface area (Å²) in [6.07, 6.45) is 4.71. The van der Waals surface area contributed by atoms with Crippen molar-refractivity contribution in [1.82, 2.24) is 14.2 Å². The molecule has 33 heavy (non-hydrogen) atoms. The van der Waals surface area contributed by atoms with E-state index in [0.29, 0.717) is 31.1 Å². The average Bonchev–Trinajstić information content (AvgIpc) is 3.27. The zero-order valence-corrected chi connectivity index (χ0v) is 20.0. The Morgan fingerprint density at radius 2 is 1.85 bits per heavy atom. The van der Waals surface area contributed by atoms with E-state index < -0.39 is 16.1 Å². The van der Waals surface area contributed by atoms with Gasteiger partial charge in [0.25, 0.3) is 0 Å². The largest absolute Gasteiger partial charge is 0.494 e. The predicted molar refractivity (Wildman–Crippen MR) is 129 cm³/mol. The molecular weight excluding hydrogens is 438 g/mol. The summed E-state index contributed by atoms with van der Waals surface area (Å²) >= 11 is 0. The van der Waals surface area contributed by atoms with Gasteiger partial charge in [-0.3, -0.25) is 4.79 Å². The van der Waals surface area contributed by atoms with Crippen molar-refractivity contribution in [3.63, 3.8) is 0 Å². The molecule has 1 aliphatic rings. The number of sulfonamides is 1. The minimum Gasteiger partial charge on any atom is -0.494 e. The first-order chi connectivity index (χ1) is 15.9. The van der Waals surface area contributed by atoms with E-state index in [4.69, 9.17) is 4.74 Å². The molecule has 8 heteroatoms. The normalized spacial score (nSPS) is 15.9. The van der Waals surface area contributed by atoms with Gasteiger partial charge in [0, 0.05) is 42.3 Å². The van der Waals surface area contributed by atoms with Crippen molar-refractivity contribution in [1.29, 1.82) is 0 Å². The van der Waals surface area contributed by atoms with Gasteiger partial charge in [0.05, 0.1) is 11.5 Å². The highest BCUT2D eigenvalue weighted by Gasteiger charge is 2.26. The predicted octanol–water partition coefficient (Wildman–Crippen LogP) is 4.09. The number of fused-ring (bicyclic) bond motifs is 1. The number of aromatic nitrogens is 1. The summed E-state index contributed by atoms with van der Waals surface area (Å²) in [6.45, 7) is 5.85. The fraction of sp³-hybridized carbons (Fsp3) is 0.400. The van der Waals surface area contributed by atoms with Gasteiger partial charge < -0.3 is 14.6 Å². The Balaban J connectivity index is 1.50. The fourth-order valence-electron chi connectivity index (χ4n) is 4.30. The van der Waals surface area contributed by atoms with Gasteiger partial charge in [-0.1, -0.05) is 24.6 Å². The van der Waals surface area contributed by atoms with Gasteiger partial charge in [-0.2, -0.15) is 4.31 Å². The summed E-state index contributed by atoms with van der Waals surface area (Å²) in [7, 11) is -3.50. The molecular formula is C25H31N3O4S. The van der Waals surface area contributed by atoms with Gasteiger partial charge in [-0.25, -0.2) is 8.42 Å². The molecule has 1 saturated heterocycles. The maximum atomic E-state index is 13.0. The Labute approximate surface area is 195 Å². The number of amides is 1. The lowest BCUT2D eigenvalue weighted by atomic mass is 10.2. The van der Waals surface area contributed by atoms with Gasteiger partial charge in [0.15, 0.2) is 0 Å². The summed E-state index contributed by atoms with van der Waals surface area (Å²) < 4.78 is 35.1. The van der Waals surface area contributed by atoms with Gasteiger partial charge in [0.1, 0.15) is 11.8 Å². The number of hydrogen-bond donors (Lipinski definition) is 1. The van der Waals surface area contributed by atoms with Crippen molar-refractivity contribution >= 4 is 26.8 Å².